The van der Waals surface area contributed by atoms with Crippen molar-refractivity contribution in [3.63, 3.8) is 0 Å². The molecule has 0 bridgehead atoms. The molecule has 0 saturated carbocycles. The van der Waals surface area contributed by atoms with Crippen LogP contribution in [-0.2, 0) is 0 Å². The summed E-state index contributed by atoms with van der Waals surface area (Å²) in [7, 11) is 0. The fourth-order valence-electron chi connectivity index (χ4n) is 0.695. The molecule has 1 aromatic rings. The van der Waals surface area contributed by atoms with E-state index in [1.165, 1.54) is 10.4 Å². The first-order valence-electron chi connectivity index (χ1n) is 2.98. The minimum atomic E-state index is 0.501. The summed E-state index contributed by atoms with van der Waals surface area (Å²) in [5.74, 6) is 0. The van der Waals surface area contributed by atoms with Crippen LogP contribution in [0.4, 0.5) is 0 Å². The zero-order chi connectivity index (χ0) is 7.72. The molecule has 10 heavy (non-hydrogen) atoms. The monoisotopic (exact) mass is 171 g/mol. The van der Waals surface area contributed by atoms with Crippen LogP contribution in [0.15, 0.2) is 6.07 Å². The Morgan fingerprint density at radius 2 is 2.20 bits per heavy atom. The topological polar surface area (TPSA) is 26.0 Å². The highest BCUT2D eigenvalue weighted by molar-refractivity contribution is 7.81. The van der Waals surface area contributed by atoms with E-state index in [2.05, 4.69) is 13.8 Å². The molecule has 0 spiro atoms. The van der Waals surface area contributed by atoms with Gasteiger partial charge >= 0.3 is 0 Å². The van der Waals surface area contributed by atoms with E-state index in [0.717, 1.165) is 4.88 Å². The van der Waals surface area contributed by atoms with Crippen LogP contribution < -0.4 is 5.73 Å². The van der Waals surface area contributed by atoms with Crippen molar-refractivity contribution in [2.45, 2.75) is 13.8 Å². The maximum absolute atomic E-state index is 5.44. The minimum Gasteiger partial charge on any atom is -0.389 e. The Hall–Kier alpha value is -0.410. The minimum absolute atomic E-state index is 0.501. The highest BCUT2D eigenvalue weighted by Crippen LogP contribution is 2.19. The van der Waals surface area contributed by atoms with Crippen LogP contribution in [0.25, 0.3) is 0 Å². The van der Waals surface area contributed by atoms with E-state index in [0.29, 0.717) is 4.99 Å². The smallest absolute Gasteiger partial charge is 0.114 e. The second-order valence-electron chi connectivity index (χ2n) is 2.21. The van der Waals surface area contributed by atoms with Gasteiger partial charge in [-0.1, -0.05) is 12.2 Å². The van der Waals surface area contributed by atoms with E-state index in [1.54, 1.807) is 11.3 Å². The first-order chi connectivity index (χ1) is 4.61. The maximum Gasteiger partial charge on any atom is 0.114 e. The van der Waals surface area contributed by atoms with Crippen molar-refractivity contribution < 1.29 is 0 Å². The predicted octanol–water partition coefficient (Wildman–Crippen LogP) is 2.00. The number of hydrogen-bond acceptors (Lipinski definition) is 2. The van der Waals surface area contributed by atoms with Crippen molar-refractivity contribution in [2.75, 3.05) is 0 Å². The molecular weight excluding hydrogens is 162 g/mol. The summed E-state index contributed by atoms with van der Waals surface area (Å²) in [4.78, 5) is 2.81. The maximum atomic E-state index is 5.44. The fourth-order valence-corrected chi connectivity index (χ4v) is 1.76. The molecule has 3 heteroatoms. The molecule has 2 N–H and O–H groups in total. The van der Waals surface area contributed by atoms with Crippen LogP contribution in [0.3, 0.4) is 0 Å². The van der Waals surface area contributed by atoms with Gasteiger partial charge in [-0.15, -0.1) is 11.3 Å². The lowest BCUT2D eigenvalue weighted by molar-refractivity contribution is 1.44. The number of nitrogens with two attached hydrogens (primary N) is 1. The Kier molecular flexibility index (Phi) is 2.06. The largest absolute Gasteiger partial charge is 0.389 e. The van der Waals surface area contributed by atoms with E-state index in [4.69, 9.17) is 18.0 Å². The van der Waals surface area contributed by atoms with Crippen LogP contribution in [0, 0.1) is 13.8 Å². The number of rotatable bonds is 1. The third-order valence-corrected chi connectivity index (χ3v) is 2.94. The first-order valence-corrected chi connectivity index (χ1v) is 4.20. The van der Waals surface area contributed by atoms with E-state index < -0.39 is 0 Å². The van der Waals surface area contributed by atoms with Crippen LogP contribution in [0.1, 0.15) is 15.3 Å². The lowest BCUT2D eigenvalue weighted by Gasteiger charge is -1.85. The van der Waals surface area contributed by atoms with Gasteiger partial charge in [-0.25, -0.2) is 0 Å². The third-order valence-electron chi connectivity index (χ3n) is 1.41. The van der Waals surface area contributed by atoms with Gasteiger partial charge in [0.05, 0.1) is 4.88 Å². The van der Waals surface area contributed by atoms with Gasteiger partial charge in [-0.05, 0) is 25.5 Å². The molecule has 0 atom stereocenters. The summed E-state index contributed by atoms with van der Waals surface area (Å²) in [6, 6.07) is 2.03. The first kappa shape index (κ1) is 7.69. The van der Waals surface area contributed by atoms with Gasteiger partial charge in [0.15, 0.2) is 0 Å². The Balaban J connectivity index is 3.10. The van der Waals surface area contributed by atoms with Gasteiger partial charge in [0, 0.05) is 4.88 Å². The molecule has 1 heterocycles. The molecule has 0 fully saturated rings. The lowest BCUT2D eigenvalue weighted by Crippen LogP contribution is -2.06. The number of aryl methyl sites for hydroxylation is 2. The van der Waals surface area contributed by atoms with E-state index in [1.807, 2.05) is 6.07 Å². The van der Waals surface area contributed by atoms with Crippen molar-refractivity contribution >= 4 is 28.5 Å². The summed E-state index contributed by atoms with van der Waals surface area (Å²) >= 11 is 6.48. The molecule has 0 amide bonds. The van der Waals surface area contributed by atoms with Gasteiger partial charge in [0.1, 0.15) is 4.99 Å². The van der Waals surface area contributed by atoms with Crippen molar-refractivity contribution in [3.8, 4) is 0 Å². The van der Waals surface area contributed by atoms with Crippen molar-refractivity contribution in [3.05, 3.63) is 21.4 Å². The van der Waals surface area contributed by atoms with Crippen LogP contribution in [0.2, 0.25) is 0 Å². The van der Waals surface area contributed by atoms with Gasteiger partial charge in [0.25, 0.3) is 0 Å². The zero-order valence-electron chi connectivity index (χ0n) is 5.97. The molecule has 1 nitrogen and oxygen atoms in total. The Morgan fingerprint density at radius 1 is 1.60 bits per heavy atom. The molecule has 0 aliphatic heterocycles. The van der Waals surface area contributed by atoms with Crippen LogP contribution >= 0.6 is 23.6 Å². The van der Waals surface area contributed by atoms with Crippen LogP contribution in [0.5, 0.6) is 0 Å². The Morgan fingerprint density at radius 3 is 2.40 bits per heavy atom. The number of hydrogen-bond donors (Lipinski definition) is 1. The number of thiocarbonyl (C=S) groups is 1. The normalized spacial score (nSPS) is 9.80. The van der Waals surface area contributed by atoms with Crippen molar-refractivity contribution in [1.82, 2.24) is 0 Å². The summed E-state index contributed by atoms with van der Waals surface area (Å²) in [6.45, 7) is 4.13. The molecule has 1 rings (SSSR count). The molecule has 0 aromatic carbocycles. The molecule has 0 radical (unpaired) electrons. The third kappa shape index (κ3) is 1.36. The lowest BCUT2D eigenvalue weighted by atomic mass is 10.3. The van der Waals surface area contributed by atoms with Crippen molar-refractivity contribution in [2.24, 2.45) is 5.73 Å². The zero-order valence-corrected chi connectivity index (χ0v) is 7.60. The average Bonchev–Trinajstić information content (AvgIpc) is 2.13. The second-order valence-corrected chi connectivity index (χ2v) is 3.91. The fraction of sp³-hybridized carbons (Fsp3) is 0.286. The Labute approximate surface area is 69.9 Å². The predicted molar refractivity (Wildman–Crippen MR) is 49.7 cm³/mol. The van der Waals surface area contributed by atoms with Gasteiger partial charge in [-0.2, -0.15) is 0 Å². The second kappa shape index (κ2) is 2.68. The van der Waals surface area contributed by atoms with E-state index >= 15 is 0 Å². The standard InChI is InChI=1S/C7H9NS2/c1-4-3-6(7(8)9)10-5(4)2/h3H,1-2H3,(H2,8,9). The van der Waals surface area contributed by atoms with Gasteiger partial charge < -0.3 is 5.73 Å². The molecule has 0 unspecified atom stereocenters. The summed E-state index contributed by atoms with van der Waals surface area (Å²) in [5.41, 5.74) is 6.71. The highest BCUT2D eigenvalue weighted by Gasteiger charge is 2.02. The quantitative estimate of drug-likeness (QED) is 0.654. The Bertz CT molecular complexity index is 243. The van der Waals surface area contributed by atoms with Crippen molar-refractivity contribution in [1.29, 1.82) is 0 Å². The molecule has 0 aliphatic rings. The highest BCUT2D eigenvalue weighted by atomic mass is 32.1. The van der Waals surface area contributed by atoms with E-state index in [9.17, 15) is 0 Å². The van der Waals surface area contributed by atoms with Crippen LogP contribution in [-0.4, -0.2) is 4.99 Å². The SMILES string of the molecule is Cc1cc(C(N)=S)sc1C. The average molecular weight is 171 g/mol. The summed E-state index contributed by atoms with van der Waals surface area (Å²) in [6.07, 6.45) is 0. The molecular formula is C7H9NS2. The molecule has 1 aromatic heterocycles. The molecule has 0 aliphatic carbocycles. The molecule has 0 saturated heterocycles. The van der Waals surface area contributed by atoms with E-state index in [-0.39, 0.29) is 0 Å². The number of thiophene rings is 1. The summed E-state index contributed by atoms with van der Waals surface area (Å²) in [5, 5.41) is 0. The van der Waals surface area contributed by atoms with Gasteiger partial charge in [0.2, 0.25) is 0 Å². The summed E-state index contributed by atoms with van der Waals surface area (Å²) < 4.78 is 0. The molecule has 54 valence electrons. The van der Waals surface area contributed by atoms with Gasteiger partial charge in [-0.3, -0.25) is 0 Å².